The van der Waals surface area contributed by atoms with Crippen molar-refractivity contribution in [1.29, 1.82) is 0 Å². The molecule has 1 heterocycles. The van der Waals surface area contributed by atoms with Gasteiger partial charge in [0, 0.05) is 6.54 Å². The molecule has 1 N–H and O–H groups in total. The van der Waals surface area contributed by atoms with Crippen molar-refractivity contribution >= 4 is 0 Å². The lowest BCUT2D eigenvalue weighted by molar-refractivity contribution is 0.301. The van der Waals surface area contributed by atoms with Crippen LogP contribution in [0.15, 0.2) is 6.20 Å². The quantitative estimate of drug-likeness (QED) is 0.714. The first-order valence-corrected chi connectivity index (χ1v) is 4.87. The molecule has 0 bridgehead atoms. The van der Waals surface area contributed by atoms with E-state index in [0.29, 0.717) is 12.5 Å². The summed E-state index contributed by atoms with van der Waals surface area (Å²) in [6.07, 6.45) is 1.66. The molecule has 0 saturated heterocycles. The Bertz CT molecular complexity index is 289. The van der Waals surface area contributed by atoms with Gasteiger partial charge in [-0.05, 0) is 20.4 Å². The molecule has 1 rings (SSSR count). The molecule has 0 saturated carbocycles. The van der Waals surface area contributed by atoms with Gasteiger partial charge in [-0.15, -0.1) is 0 Å². The molecule has 14 heavy (non-hydrogen) atoms. The van der Waals surface area contributed by atoms with E-state index < -0.39 is 0 Å². The number of aryl methyl sites for hydroxylation is 2. The number of likely N-dealkylation sites (N-methyl/N-ethyl adjacent to an activating group) is 1. The minimum atomic E-state index is 0.603. The van der Waals surface area contributed by atoms with E-state index in [0.717, 1.165) is 24.5 Å². The first kappa shape index (κ1) is 10.9. The van der Waals surface area contributed by atoms with E-state index in [1.54, 1.807) is 6.20 Å². The first-order valence-electron chi connectivity index (χ1n) is 4.87. The molecule has 0 fully saturated rings. The predicted molar refractivity (Wildman–Crippen MR) is 55.5 cm³/mol. The molecule has 1 aromatic rings. The Morgan fingerprint density at radius 1 is 1.36 bits per heavy atom. The van der Waals surface area contributed by atoms with Crippen LogP contribution in [-0.2, 0) is 0 Å². The largest absolute Gasteiger partial charge is 0.475 e. The molecular formula is C10H17N3O. The van der Waals surface area contributed by atoms with Crippen molar-refractivity contribution in [1.82, 2.24) is 15.3 Å². The standard InChI is InChI=1S/C10H17N3O/c1-4-11-5-6-14-10-7-12-8(2)9(3)13-10/h7,11H,4-6H2,1-3H3. The molecule has 0 aliphatic rings. The molecule has 0 aliphatic carbocycles. The number of nitrogens with one attached hydrogen (secondary N) is 1. The van der Waals surface area contributed by atoms with Crippen molar-refractivity contribution in [2.24, 2.45) is 0 Å². The van der Waals surface area contributed by atoms with Gasteiger partial charge in [0.2, 0.25) is 5.88 Å². The van der Waals surface area contributed by atoms with Crippen molar-refractivity contribution in [3.8, 4) is 5.88 Å². The topological polar surface area (TPSA) is 47.0 Å². The highest BCUT2D eigenvalue weighted by atomic mass is 16.5. The van der Waals surface area contributed by atoms with E-state index in [1.807, 2.05) is 13.8 Å². The molecule has 4 nitrogen and oxygen atoms in total. The Balaban J connectivity index is 2.39. The van der Waals surface area contributed by atoms with Gasteiger partial charge in [0.25, 0.3) is 0 Å². The molecular weight excluding hydrogens is 178 g/mol. The van der Waals surface area contributed by atoms with Crippen LogP contribution in [0.1, 0.15) is 18.3 Å². The number of rotatable bonds is 5. The summed E-state index contributed by atoms with van der Waals surface area (Å²) in [6, 6.07) is 0. The number of ether oxygens (including phenoxy) is 1. The average Bonchev–Trinajstić information content (AvgIpc) is 2.18. The third kappa shape index (κ3) is 3.30. The van der Waals surface area contributed by atoms with Gasteiger partial charge in [0.05, 0.1) is 17.6 Å². The summed E-state index contributed by atoms with van der Waals surface area (Å²) >= 11 is 0. The van der Waals surface area contributed by atoms with Crippen LogP contribution in [0.2, 0.25) is 0 Å². The number of hydrogen-bond acceptors (Lipinski definition) is 4. The molecule has 4 heteroatoms. The second-order valence-corrected chi connectivity index (χ2v) is 3.08. The third-order valence-corrected chi connectivity index (χ3v) is 1.95. The highest BCUT2D eigenvalue weighted by Crippen LogP contribution is 2.07. The van der Waals surface area contributed by atoms with Crippen LogP contribution in [-0.4, -0.2) is 29.7 Å². The fourth-order valence-electron chi connectivity index (χ4n) is 0.995. The van der Waals surface area contributed by atoms with Crippen molar-refractivity contribution in [3.63, 3.8) is 0 Å². The number of aromatic nitrogens is 2. The van der Waals surface area contributed by atoms with Crippen molar-refractivity contribution in [2.45, 2.75) is 20.8 Å². The third-order valence-electron chi connectivity index (χ3n) is 1.95. The van der Waals surface area contributed by atoms with Crippen LogP contribution < -0.4 is 10.1 Å². The fourth-order valence-corrected chi connectivity index (χ4v) is 0.995. The van der Waals surface area contributed by atoms with Crippen molar-refractivity contribution < 1.29 is 4.74 Å². The van der Waals surface area contributed by atoms with E-state index in [4.69, 9.17) is 4.74 Å². The van der Waals surface area contributed by atoms with Crippen molar-refractivity contribution in [3.05, 3.63) is 17.6 Å². The van der Waals surface area contributed by atoms with Crippen LogP contribution in [0.3, 0.4) is 0 Å². The highest BCUT2D eigenvalue weighted by molar-refractivity contribution is 5.14. The molecule has 0 unspecified atom stereocenters. The molecule has 0 amide bonds. The SMILES string of the molecule is CCNCCOc1cnc(C)c(C)n1. The van der Waals surface area contributed by atoms with Gasteiger partial charge in [0.1, 0.15) is 6.61 Å². The monoisotopic (exact) mass is 195 g/mol. The summed E-state index contributed by atoms with van der Waals surface area (Å²) in [7, 11) is 0. The Kier molecular flexibility index (Phi) is 4.32. The Labute approximate surface area is 84.7 Å². The number of hydrogen-bond donors (Lipinski definition) is 1. The van der Waals surface area contributed by atoms with E-state index >= 15 is 0 Å². The van der Waals surface area contributed by atoms with Gasteiger partial charge in [-0.1, -0.05) is 6.92 Å². The zero-order valence-electron chi connectivity index (χ0n) is 9.00. The van der Waals surface area contributed by atoms with Crippen LogP contribution in [0.25, 0.3) is 0 Å². The fraction of sp³-hybridized carbons (Fsp3) is 0.600. The van der Waals surface area contributed by atoms with E-state index in [1.165, 1.54) is 0 Å². The summed E-state index contributed by atoms with van der Waals surface area (Å²) in [5.74, 6) is 0.603. The van der Waals surface area contributed by atoms with Gasteiger partial charge in [0.15, 0.2) is 0 Å². The molecule has 0 radical (unpaired) electrons. The van der Waals surface area contributed by atoms with Crippen LogP contribution in [0.4, 0.5) is 0 Å². The summed E-state index contributed by atoms with van der Waals surface area (Å²) in [4.78, 5) is 8.43. The van der Waals surface area contributed by atoms with Crippen molar-refractivity contribution in [2.75, 3.05) is 19.7 Å². The minimum Gasteiger partial charge on any atom is -0.475 e. The molecule has 0 aromatic carbocycles. The lowest BCUT2D eigenvalue weighted by atomic mass is 10.4. The van der Waals surface area contributed by atoms with E-state index in [-0.39, 0.29) is 0 Å². The Morgan fingerprint density at radius 2 is 2.14 bits per heavy atom. The van der Waals surface area contributed by atoms with E-state index in [9.17, 15) is 0 Å². The first-order chi connectivity index (χ1) is 6.74. The number of nitrogens with zero attached hydrogens (tertiary/aromatic N) is 2. The zero-order chi connectivity index (χ0) is 10.4. The Hall–Kier alpha value is -1.16. The van der Waals surface area contributed by atoms with Gasteiger partial charge in [-0.2, -0.15) is 0 Å². The van der Waals surface area contributed by atoms with Crippen LogP contribution in [0, 0.1) is 13.8 Å². The Morgan fingerprint density at radius 3 is 2.79 bits per heavy atom. The summed E-state index contributed by atoms with van der Waals surface area (Å²) in [5, 5.41) is 3.17. The molecule has 1 aromatic heterocycles. The predicted octanol–water partition coefficient (Wildman–Crippen LogP) is 1.08. The summed E-state index contributed by atoms with van der Waals surface area (Å²) in [5.41, 5.74) is 1.87. The lowest BCUT2D eigenvalue weighted by Crippen LogP contribution is -2.20. The van der Waals surface area contributed by atoms with Gasteiger partial charge in [-0.25, -0.2) is 4.98 Å². The lowest BCUT2D eigenvalue weighted by Gasteiger charge is -2.06. The van der Waals surface area contributed by atoms with Crippen LogP contribution >= 0.6 is 0 Å². The second kappa shape index (κ2) is 5.54. The molecule has 78 valence electrons. The maximum atomic E-state index is 5.41. The molecule has 0 spiro atoms. The zero-order valence-corrected chi connectivity index (χ0v) is 9.00. The summed E-state index contributed by atoms with van der Waals surface area (Å²) < 4.78 is 5.41. The normalized spacial score (nSPS) is 10.2. The van der Waals surface area contributed by atoms with Gasteiger partial charge < -0.3 is 10.1 Å². The molecule has 0 aliphatic heterocycles. The second-order valence-electron chi connectivity index (χ2n) is 3.08. The van der Waals surface area contributed by atoms with Gasteiger partial charge in [-0.3, -0.25) is 4.98 Å². The van der Waals surface area contributed by atoms with Crippen LogP contribution in [0.5, 0.6) is 5.88 Å². The smallest absolute Gasteiger partial charge is 0.232 e. The minimum absolute atomic E-state index is 0.603. The highest BCUT2D eigenvalue weighted by Gasteiger charge is 1.99. The van der Waals surface area contributed by atoms with Gasteiger partial charge >= 0.3 is 0 Å². The summed E-state index contributed by atoms with van der Waals surface area (Å²) in [6.45, 7) is 8.36. The maximum absolute atomic E-state index is 5.41. The average molecular weight is 195 g/mol. The molecule has 0 atom stereocenters. The maximum Gasteiger partial charge on any atom is 0.232 e. The van der Waals surface area contributed by atoms with E-state index in [2.05, 4.69) is 22.2 Å².